The standard InChI is InChI=1S/C34H32N7O20P3S/c35-33-39-28-25(30(46)40-33)38-13-41(28)31-26(44)27(23(58-31)12-56-62(50,51)60-63(52,53)61-64(54,55)65)59-34(49)37-8-7-36-29(45)14-1-4-17(32(47)48)20(9-14)24-18-5-2-15(42)10-21(18)57-22-11-16(43)3-6-19(22)24/h1-6,9-11,13,23,26-27,31,42,44H,7-8,12H2,(H,36,45)(H,37,49)(H,47,48)(H,50,51)(H,52,53)(H2,54,55,65)(H3,35,39,40,46)/t23-,26-,27-,31-/m1/s1. The summed E-state index contributed by atoms with van der Waals surface area (Å²) in [6.07, 6.45) is -7.35. The fraction of sp³-hybridized carbons (Fsp3) is 0.206. The summed E-state index contributed by atoms with van der Waals surface area (Å²) in [7, 11) is -11.4. The van der Waals surface area contributed by atoms with Crippen molar-refractivity contribution in [3.8, 4) is 28.2 Å². The molecule has 2 aromatic carbocycles. The van der Waals surface area contributed by atoms with Gasteiger partial charge in [-0.2, -0.15) is 9.29 Å². The van der Waals surface area contributed by atoms with Gasteiger partial charge in [0.1, 0.15) is 29.3 Å². The van der Waals surface area contributed by atoms with E-state index >= 15 is 0 Å². The SMILES string of the molecule is Nc1nc2c(ncn2[C@@H]2O[C@H](COP(=O)(O)OP(=O)(O)OP(O)(O)=S)[C@@H](OC(=O)NCCNC(=O)c3ccc(C(=O)O)c(-c4c5ccc(=O)cc-5oc5cc(O)ccc45)c3)[C@H]2O)c(=O)[nH]1. The molecule has 0 saturated carbocycles. The second kappa shape index (κ2) is 18.1. The molecule has 31 heteroatoms. The second-order valence-electron chi connectivity index (χ2n) is 13.7. The molecule has 27 nitrogen and oxygen atoms in total. The number of carboxylic acids is 1. The average Bonchev–Trinajstić information content (AvgIpc) is 3.75. The summed E-state index contributed by atoms with van der Waals surface area (Å²) in [6.45, 7) is -6.68. The van der Waals surface area contributed by atoms with Gasteiger partial charge in [-0.3, -0.25) is 28.5 Å². The molecule has 65 heavy (non-hydrogen) atoms. The van der Waals surface area contributed by atoms with Crippen molar-refractivity contribution >= 4 is 80.2 Å². The van der Waals surface area contributed by atoms with Gasteiger partial charge in [0.25, 0.3) is 11.5 Å². The Bertz CT molecular complexity index is 3120. The van der Waals surface area contributed by atoms with Crippen LogP contribution in [0.5, 0.6) is 5.75 Å². The third-order valence-corrected chi connectivity index (χ3v) is 13.6. The topological polar surface area (TPSA) is 417 Å². The number of phosphoric ester groups is 1. The number of alkyl carbamates (subject to hydrolysis) is 1. The average molecular weight is 984 g/mol. The Morgan fingerprint density at radius 2 is 1.69 bits per heavy atom. The van der Waals surface area contributed by atoms with Crippen LogP contribution >= 0.6 is 22.4 Å². The highest BCUT2D eigenvalue weighted by Crippen LogP contribution is 2.66. The molecular formula is C34H32N7O20P3S. The number of anilines is 1. The number of aromatic amines is 1. The number of hydrogen-bond acceptors (Lipinski definition) is 19. The van der Waals surface area contributed by atoms with Crippen molar-refractivity contribution in [2.24, 2.45) is 0 Å². The van der Waals surface area contributed by atoms with Gasteiger partial charge in [0.05, 0.1) is 18.5 Å². The zero-order chi connectivity index (χ0) is 47.2. The number of rotatable bonds is 15. The number of aromatic nitrogens is 4. The third kappa shape index (κ3) is 10.6. The molecule has 7 rings (SSSR count). The summed E-state index contributed by atoms with van der Waals surface area (Å²) >= 11 is 4.06. The zero-order valence-corrected chi connectivity index (χ0v) is 35.8. The molecule has 1 aliphatic carbocycles. The van der Waals surface area contributed by atoms with Crippen molar-refractivity contribution in [3.63, 3.8) is 0 Å². The Hall–Kier alpha value is -5.96. The Morgan fingerprint density at radius 1 is 0.954 bits per heavy atom. The molecule has 0 bridgehead atoms. The fourth-order valence-corrected chi connectivity index (χ4v) is 10.5. The number of nitrogens with two attached hydrogens (primary N) is 1. The fourth-order valence-electron chi connectivity index (χ4n) is 6.67. The monoisotopic (exact) mass is 983 g/mol. The van der Waals surface area contributed by atoms with Gasteiger partial charge in [-0.1, -0.05) is 0 Å². The highest BCUT2D eigenvalue weighted by atomic mass is 32.5. The Kier molecular flexibility index (Phi) is 13.1. The molecular weight excluding hydrogens is 951 g/mol. The minimum Gasteiger partial charge on any atom is -0.508 e. The van der Waals surface area contributed by atoms with E-state index in [1.54, 1.807) is 0 Å². The number of benzene rings is 3. The quantitative estimate of drug-likeness (QED) is 0.0391. The molecule has 12 N–H and O–H groups in total. The van der Waals surface area contributed by atoms with Crippen LogP contribution < -0.4 is 27.4 Å². The molecule has 6 atom stereocenters. The normalized spacial score (nSPS) is 19.5. The first-order chi connectivity index (χ1) is 30.5. The summed E-state index contributed by atoms with van der Waals surface area (Å²) in [6, 6.07) is 11.7. The number of amides is 2. The number of fused-ring (bicyclic) bond motifs is 3. The third-order valence-electron chi connectivity index (χ3n) is 9.23. The number of carboxylic acid groups (broad SMARTS) is 1. The molecule has 2 aliphatic heterocycles. The molecule has 4 heterocycles. The highest BCUT2D eigenvalue weighted by molar-refractivity contribution is 8.08. The van der Waals surface area contributed by atoms with Crippen LogP contribution in [0.2, 0.25) is 0 Å². The predicted molar refractivity (Wildman–Crippen MR) is 223 cm³/mol. The van der Waals surface area contributed by atoms with Crippen molar-refractivity contribution in [3.05, 3.63) is 92.6 Å². The highest BCUT2D eigenvalue weighted by Gasteiger charge is 2.49. The Labute approximate surface area is 365 Å². The van der Waals surface area contributed by atoms with Gasteiger partial charge in [0.2, 0.25) is 5.95 Å². The maximum Gasteiger partial charge on any atom is 0.488 e. The number of carbonyl (C=O) groups is 3. The summed E-state index contributed by atoms with van der Waals surface area (Å²) < 4.78 is 55.1. The maximum atomic E-state index is 13.4. The number of aromatic hydroxyl groups is 1. The summed E-state index contributed by atoms with van der Waals surface area (Å²) in [5.41, 5.74) is 4.50. The summed E-state index contributed by atoms with van der Waals surface area (Å²) in [5, 5.41) is 36.7. The largest absolute Gasteiger partial charge is 0.508 e. The number of carbonyl (C=O) groups excluding carboxylic acids is 2. The van der Waals surface area contributed by atoms with E-state index in [1.165, 1.54) is 54.6 Å². The smallest absolute Gasteiger partial charge is 0.488 e. The van der Waals surface area contributed by atoms with E-state index in [2.05, 4.69) is 46.0 Å². The number of imidazole rings is 1. The van der Waals surface area contributed by atoms with E-state index < -0.39 is 82.5 Å². The van der Waals surface area contributed by atoms with E-state index in [9.17, 15) is 58.2 Å². The number of aliphatic hydroxyl groups is 1. The number of aliphatic hydroxyl groups excluding tert-OH is 1. The molecule has 2 amide bonds. The number of ether oxygens (including phenoxy) is 2. The van der Waals surface area contributed by atoms with Gasteiger partial charge in [0.15, 0.2) is 28.9 Å². The van der Waals surface area contributed by atoms with E-state index in [4.69, 9.17) is 33.9 Å². The number of phosphoric acid groups is 2. The van der Waals surface area contributed by atoms with Crippen molar-refractivity contribution in [2.75, 3.05) is 25.4 Å². The lowest BCUT2D eigenvalue weighted by atomic mass is 9.89. The van der Waals surface area contributed by atoms with Gasteiger partial charge in [-0.15, -0.1) is 0 Å². The minimum atomic E-state index is -5.74. The summed E-state index contributed by atoms with van der Waals surface area (Å²) in [5.74, 6) is -2.55. The Morgan fingerprint density at radius 3 is 2.42 bits per heavy atom. The molecule has 344 valence electrons. The van der Waals surface area contributed by atoms with Gasteiger partial charge in [-0.25, -0.2) is 28.0 Å². The molecule has 4 aromatic rings. The molecule has 0 spiro atoms. The lowest BCUT2D eigenvalue weighted by Crippen LogP contribution is -2.42. The number of nitrogens with one attached hydrogen (secondary N) is 3. The van der Waals surface area contributed by atoms with Crippen molar-refractivity contribution in [1.29, 1.82) is 0 Å². The van der Waals surface area contributed by atoms with E-state index in [1.807, 2.05) is 0 Å². The molecule has 2 unspecified atom stereocenters. The number of nitrogens with zero attached hydrogens (tertiary/aromatic N) is 3. The van der Waals surface area contributed by atoms with Crippen LogP contribution in [0.25, 0.3) is 44.6 Å². The number of phenols is 1. The van der Waals surface area contributed by atoms with Crippen molar-refractivity contribution in [2.45, 2.75) is 24.5 Å². The number of nitrogen functional groups attached to an aromatic ring is 1. The molecule has 3 aliphatic rings. The van der Waals surface area contributed by atoms with E-state index in [0.29, 0.717) is 10.9 Å². The number of phenolic OH excluding ortho intramolecular Hbond substituents is 1. The molecule has 0 radical (unpaired) electrons. The molecule has 2 aromatic heterocycles. The number of aromatic carboxylic acids is 1. The predicted octanol–water partition coefficient (Wildman–Crippen LogP) is 1.23. The minimum absolute atomic E-state index is 0.0358. The zero-order valence-electron chi connectivity index (χ0n) is 32.3. The van der Waals surface area contributed by atoms with Gasteiger partial charge >= 0.3 is 34.4 Å². The first kappa shape index (κ1) is 47.0. The lowest BCUT2D eigenvalue weighted by Gasteiger charge is -2.22. The van der Waals surface area contributed by atoms with Crippen LogP contribution in [-0.2, 0) is 43.6 Å². The Balaban J connectivity index is 1.06. The van der Waals surface area contributed by atoms with Crippen LogP contribution in [0.4, 0.5) is 10.7 Å². The van der Waals surface area contributed by atoms with E-state index in [0.717, 1.165) is 10.9 Å². The first-order valence-electron chi connectivity index (χ1n) is 18.1. The lowest BCUT2D eigenvalue weighted by molar-refractivity contribution is -0.0508. The maximum absolute atomic E-state index is 13.4. The van der Waals surface area contributed by atoms with Crippen LogP contribution in [0.15, 0.2) is 74.9 Å². The molecule has 1 fully saturated rings. The number of hydrogen-bond donors (Lipinski definition) is 11. The van der Waals surface area contributed by atoms with Crippen LogP contribution in [0.3, 0.4) is 0 Å². The summed E-state index contributed by atoms with van der Waals surface area (Å²) in [4.78, 5) is 112. The number of H-pyrrole nitrogens is 1. The first-order valence-corrected chi connectivity index (χ1v) is 23.7. The van der Waals surface area contributed by atoms with Gasteiger partial charge in [-0.05, 0) is 59.8 Å². The van der Waals surface area contributed by atoms with Crippen LogP contribution in [-0.4, -0.2) is 110 Å². The van der Waals surface area contributed by atoms with Crippen molar-refractivity contribution in [1.82, 2.24) is 30.2 Å². The van der Waals surface area contributed by atoms with Crippen molar-refractivity contribution < 1.29 is 85.4 Å². The van der Waals surface area contributed by atoms with E-state index in [-0.39, 0.29) is 69.5 Å². The van der Waals surface area contributed by atoms with Gasteiger partial charge in [0, 0.05) is 47.3 Å². The van der Waals surface area contributed by atoms with Gasteiger partial charge < -0.3 is 65.2 Å². The van der Waals surface area contributed by atoms with Crippen LogP contribution in [0, 0.1) is 0 Å². The molecule has 1 saturated heterocycles. The van der Waals surface area contributed by atoms with Crippen LogP contribution in [0.1, 0.15) is 26.9 Å². The second-order valence-corrected chi connectivity index (χ2v) is 19.5.